The molecule has 0 radical (unpaired) electrons. The van der Waals surface area contributed by atoms with E-state index in [0.717, 1.165) is 10.8 Å². The van der Waals surface area contributed by atoms with Crippen molar-refractivity contribution in [1.29, 1.82) is 0 Å². The highest BCUT2D eigenvalue weighted by molar-refractivity contribution is 8.02. The van der Waals surface area contributed by atoms with Crippen molar-refractivity contribution in [2.45, 2.75) is 40.4 Å². The Morgan fingerprint density at radius 3 is 2.00 bits per heavy atom. The van der Waals surface area contributed by atoms with E-state index in [1.54, 1.807) is 11.8 Å². The summed E-state index contributed by atoms with van der Waals surface area (Å²) in [7, 11) is -1.40. The molecule has 0 heterocycles. The maximum Gasteiger partial charge on any atom is 0.242 e. The average Bonchev–Trinajstić information content (AvgIpc) is 1.83. The Balaban J connectivity index is 4.26. The molecule has 0 aliphatic rings. The lowest BCUT2D eigenvalue weighted by Gasteiger charge is -2.22. The van der Waals surface area contributed by atoms with Gasteiger partial charge in [-0.3, -0.25) is 0 Å². The fourth-order valence-electron chi connectivity index (χ4n) is 0.685. The minimum absolute atomic E-state index is 1.09. The summed E-state index contributed by atoms with van der Waals surface area (Å²) in [6.07, 6.45) is 0. The maximum atomic E-state index is 5.92. The first kappa shape index (κ1) is 12.1. The normalized spacial score (nSPS) is 11.2. The summed E-state index contributed by atoms with van der Waals surface area (Å²) in [6.45, 7) is 13.0. The van der Waals surface area contributed by atoms with Gasteiger partial charge < -0.3 is 4.43 Å². The highest BCUT2D eigenvalue weighted by Gasteiger charge is 2.18. The summed E-state index contributed by atoms with van der Waals surface area (Å²) in [5.41, 5.74) is 1.30. The van der Waals surface area contributed by atoms with Gasteiger partial charge in [-0.2, -0.15) is 0 Å². The van der Waals surface area contributed by atoms with Gasteiger partial charge in [0.25, 0.3) is 0 Å². The molecule has 0 atom stereocenters. The maximum absolute atomic E-state index is 5.92. The molecule has 0 rings (SSSR count). The van der Waals surface area contributed by atoms with Gasteiger partial charge in [0.15, 0.2) is 0 Å². The van der Waals surface area contributed by atoms with Crippen molar-refractivity contribution in [1.82, 2.24) is 0 Å². The number of hydrogen-bond acceptors (Lipinski definition) is 2. The van der Waals surface area contributed by atoms with Gasteiger partial charge in [0.05, 0.1) is 0 Å². The lowest BCUT2D eigenvalue weighted by atomic mass is 10.4. The van der Waals surface area contributed by atoms with E-state index in [9.17, 15) is 0 Å². The van der Waals surface area contributed by atoms with Crippen LogP contribution in [0.3, 0.4) is 0 Å². The van der Waals surface area contributed by atoms with Crippen molar-refractivity contribution in [3.8, 4) is 0 Å². The standard InChI is InChI=1S/C9H20OSSi/c1-7-11-9(8(2)3)10-12(4,5)6/h7H2,1-6H3. The molecule has 0 aromatic heterocycles. The lowest BCUT2D eigenvalue weighted by molar-refractivity contribution is 0.457. The Kier molecular flexibility index (Phi) is 5.02. The van der Waals surface area contributed by atoms with Crippen molar-refractivity contribution in [2.24, 2.45) is 0 Å². The van der Waals surface area contributed by atoms with Crippen LogP contribution in [0.5, 0.6) is 0 Å². The minimum atomic E-state index is -1.40. The second-order valence-electron chi connectivity index (χ2n) is 3.93. The summed E-state index contributed by atoms with van der Waals surface area (Å²) in [5, 5.41) is 1.14. The number of hydrogen-bond donors (Lipinski definition) is 0. The molecular weight excluding hydrogens is 184 g/mol. The molecule has 0 N–H and O–H groups in total. The molecule has 0 amide bonds. The quantitative estimate of drug-likeness (QED) is 0.508. The number of thioether (sulfide) groups is 1. The summed E-state index contributed by atoms with van der Waals surface area (Å²) >= 11 is 1.80. The van der Waals surface area contributed by atoms with Gasteiger partial charge in [-0.1, -0.05) is 18.7 Å². The molecule has 0 aliphatic heterocycles. The second-order valence-corrected chi connectivity index (χ2v) is 9.60. The highest BCUT2D eigenvalue weighted by Crippen LogP contribution is 2.24. The highest BCUT2D eigenvalue weighted by atomic mass is 32.2. The SMILES string of the molecule is CCSC(O[Si](C)(C)C)=C(C)C. The van der Waals surface area contributed by atoms with Crippen LogP contribution in [0.15, 0.2) is 10.7 Å². The molecule has 0 bridgehead atoms. The Hall–Kier alpha value is 0.107. The molecule has 0 fully saturated rings. The van der Waals surface area contributed by atoms with E-state index < -0.39 is 8.32 Å². The Morgan fingerprint density at radius 2 is 1.75 bits per heavy atom. The van der Waals surface area contributed by atoms with E-state index in [0.29, 0.717) is 0 Å². The molecule has 0 aliphatic carbocycles. The van der Waals surface area contributed by atoms with Crippen LogP contribution in [-0.2, 0) is 4.43 Å². The number of allylic oxidation sites excluding steroid dienone is 1. The van der Waals surface area contributed by atoms with Crippen LogP contribution in [0.25, 0.3) is 0 Å². The van der Waals surface area contributed by atoms with Crippen molar-refractivity contribution in [2.75, 3.05) is 5.75 Å². The van der Waals surface area contributed by atoms with E-state index in [2.05, 4.69) is 40.4 Å². The first-order valence-electron chi connectivity index (χ1n) is 4.36. The van der Waals surface area contributed by atoms with Gasteiger partial charge in [0, 0.05) is 0 Å². The zero-order chi connectivity index (χ0) is 9.78. The molecular formula is C9H20OSSi. The van der Waals surface area contributed by atoms with Crippen LogP contribution >= 0.6 is 11.8 Å². The summed E-state index contributed by atoms with van der Waals surface area (Å²) < 4.78 is 5.92. The first-order valence-corrected chi connectivity index (χ1v) is 8.75. The zero-order valence-corrected chi connectivity index (χ0v) is 10.8. The molecule has 0 aromatic rings. The molecule has 0 aromatic carbocycles. The van der Waals surface area contributed by atoms with Crippen LogP contribution in [0.4, 0.5) is 0 Å². The fraction of sp³-hybridized carbons (Fsp3) is 0.778. The predicted molar refractivity (Wildman–Crippen MR) is 60.9 cm³/mol. The van der Waals surface area contributed by atoms with Gasteiger partial charge in [0.2, 0.25) is 8.32 Å². The molecule has 0 spiro atoms. The molecule has 0 saturated heterocycles. The third-order valence-corrected chi connectivity index (χ3v) is 3.09. The van der Waals surface area contributed by atoms with Crippen LogP contribution < -0.4 is 0 Å². The van der Waals surface area contributed by atoms with Crippen molar-refractivity contribution < 1.29 is 4.43 Å². The van der Waals surface area contributed by atoms with Crippen LogP contribution in [0.1, 0.15) is 20.8 Å². The summed E-state index contributed by atoms with van der Waals surface area (Å²) in [6, 6.07) is 0. The second kappa shape index (κ2) is 4.97. The molecule has 3 heteroatoms. The Bertz CT molecular complexity index is 166. The van der Waals surface area contributed by atoms with Gasteiger partial charge in [-0.25, -0.2) is 0 Å². The molecule has 1 nitrogen and oxygen atoms in total. The van der Waals surface area contributed by atoms with E-state index in [4.69, 9.17) is 4.43 Å². The lowest BCUT2D eigenvalue weighted by Crippen LogP contribution is -2.24. The van der Waals surface area contributed by atoms with Crippen molar-refractivity contribution in [3.63, 3.8) is 0 Å². The van der Waals surface area contributed by atoms with Crippen LogP contribution in [-0.4, -0.2) is 14.1 Å². The third kappa shape index (κ3) is 5.72. The van der Waals surface area contributed by atoms with Crippen LogP contribution in [0, 0.1) is 0 Å². The van der Waals surface area contributed by atoms with E-state index >= 15 is 0 Å². The summed E-state index contributed by atoms with van der Waals surface area (Å²) in [5.74, 6) is 1.09. The van der Waals surface area contributed by atoms with Gasteiger partial charge >= 0.3 is 0 Å². The minimum Gasteiger partial charge on any atom is -0.540 e. The van der Waals surface area contributed by atoms with E-state index in [-0.39, 0.29) is 0 Å². The number of rotatable bonds is 4. The fourth-order valence-corrected chi connectivity index (χ4v) is 2.98. The monoisotopic (exact) mass is 204 g/mol. The predicted octanol–water partition coefficient (Wildman–Crippen LogP) is 3.84. The zero-order valence-electron chi connectivity index (χ0n) is 9.02. The average molecular weight is 204 g/mol. The third-order valence-electron chi connectivity index (χ3n) is 1.08. The van der Waals surface area contributed by atoms with Gasteiger partial charge in [-0.15, -0.1) is 0 Å². The van der Waals surface area contributed by atoms with Gasteiger partial charge in [-0.05, 0) is 44.8 Å². The van der Waals surface area contributed by atoms with Crippen LogP contribution in [0.2, 0.25) is 19.6 Å². The first-order chi connectivity index (χ1) is 5.37. The molecule has 0 unspecified atom stereocenters. The van der Waals surface area contributed by atoms with E-state index in [1.807, 2.05) is 0 Å². The van der Waals surface area contributed by atoms with Gasteiger partial charge in [0.1, 0.15) is 5.09 Å². The Morgan fingerprint density at radius 1 is 1.25 bits per heavy atom. The van der Waals surface area contributed by atoms with Crippen molar-refractivity contribution in [3.05, 3.63) is 10.7 Å². The molecule has 72 valence electrons. The summed E-state index contributed by atoms with van der Waals surface area (Å²) in [4.78, 5) is 0. The Labute approximate surface area is 81.7 Å². The molecule has 12 heavy (non-hydrogen) atoms. The van der Waals surface area contributed by atoms with Crippen molar-refractivity contribution >= 4 is 20.1 Å². The topological polar surface area (TPSA) is 9.23 Å². The largest absolute Gasteiger partial charge is 0.540 e. The smallest absolute Gasteiger partial charge is 0.242 e. The van der Waals surface area contributed by atoms with E-state index in [1.165, 1.54) is 5.57 Å². The molecule has 0 saturated carbocycles.